The summed E-state index contributed by atoms with van der Waals surface area (Å²) in [7, 11) is 0. The number of imidazole rings is 1. The second-order valence-electron chi connectivity index (χ2n) is 11.5. The molecule has 0 unspecified atom stereocenters. The molecule has 0 bridgehead atoms. The maximum Gasteiger partial charge on any atom is 0.335 e. The molecule has 0 spiro atoms. The van der Waals surface area contributed by atoms with Crippen molar-refractivity contribution in [3.8, 4) is 0 Å². The minimum Gasteiger partial charge on any atom is -0.478 e. The van der Waals surface area contributed by atoms with E-state index in [1.807, 2.05) is 65.2 Å². The Bertz CT molecular complexity index is 1620. The molecule has 0 aliphatic heterocycles. The highest BCUT2D eigenvalue weighted by Crippen LogP contribution is 2.16. The second-order valence-corrected chi connectivity index (χ2v) is 11.5. The molecule has 11 nitrogen and oxygen atoms in total. The van der Waals surface area contributed by atoms with E-state index in [0.717, 1.165) is 35.4 Å². The number of aromatic carboxylic acids is 1. The highest BCUT2D eigenvalue weighted by atomic mass is 16.5. The predicted molar refractivity (Wildman–Crippen MR) is 176 cm³/mol. The molecule has 3 amide bonds. The van der Waals surface area contributed by atoms with Gasteiger partial charge in [-0.05, 0) is 48.1 Å². The summed E-state index contributed by atoms with van der Waals surface area (Å²) >= 11 is 0. The number of carboxylic acids is 1. The van der Waals surface area contributed by atoms with E-state index in [-0.39, 0.29) is 24.4 Å². The quantitative estimate of drug-likeness (QED) is 0.0855. The van der Waals surface area contributed by atoms with Gasteiger partial charge in [0.2, 0.25) is 11.8 Å². The van der Waals surface area contributed by atoms with Crippen LogP contribution in [0.25, 0.3) is 0 Å². The van der Waals surface area contributed by atoms with Crippen molar-refractivity contribution in [2.24, 2.45) is 5.92 Å². The Morgan fingerprint density at radius 1 is 0.851 bits per heavy atom. The van der Waals surface area contributed by atoms with E-state index in [9.17, 15) is 24.3 Å². The average molecular weight is 640 g/mol. The average Bonchev–Trinajstić information content (AvgIpc) is 3.48. The molecule has 5 N–H and O–H groups in total. The number of unbranched alkanes of at least 4 members (excludes halogenated alkanes) is 1. The van der Waals surface area contributed by atoms with E-state index >= 15 is 0 Å². The zero-order valence-corrected chi connectivity index (χ0v) is 26.4. The lowest BCUT2D eigenvalue weighted by atomic mass is 9.96. The lowest BCUT2D eigenvalue weighted by molar-refractivity contribution is -0.130. The topological polar surface area (TPSA) is 163 Å². The fourth-order valence-corrected chi connectivity index (χ4v) is 5.37. The van der Waals surface area contributed by atoms with Crippen LogP contribution >= 0.6 is 0 Å². The highest BCUT2D eigenvalue weighted by Gasteiger charge is 2.26. The van der Waals surface area contributed by atoms with Crippen LogP contribution in [-0.2, 0) is 35.4 Å². The van der Waals surface area contributed by atoms with Crippen LogP contribution in [0, 0.1) is 5.92 Å². The zero-order chi connectivity index (χ0) is 33.6. The first-order valence-electron chi connectivity index (χ1n) is 15.7. The van der Waals surface area contributed by atoms with Crippen LogP contribution < -0.4 is 16.1 Å². The fraction of sp³-hybridized carbons (Fsp3) is 0.306. The van der Waals surface area contributed by atoms with Gasteiger partial charge >= 0.3 is 5.97 Å². The lowest BCUT2D eigenvalue weighted by Gasteiger charge is -2.23. The van der Waals surface area contributed by atoms with Crippen LogP contribution in [0.5, 0.6) is 0 Å². The molecule has 47 heavy (non-hydrogen) atoms. The Labute approximate surface area is 274 Å². The third kappa shape index (κ3) is 10.4. The smallest absolute Gasteiger partial charge is 0.335 e. The molecule has 1 aromatic heterocycles. The number of hydroxylamine groups is 1. The number of nitrogens with zero attached hydrogens (tertiary/aromatic N) is 2. The van der Waals surface area contributed by atoms with Gasteiger partial charge in [-0.1, -0.05) is 86.1 Å². The fourth-order valence-electron chi connectivity index (χ4n) is 5.37. The molecule has 1 heterocycles. The molecule has 0 radical (unpaired) electrons. The van der Waals surface area contributed by atoms with Crippen LogP contribution in [0.3, 0.4) is 0 Å². The number of hydrogen-bond donors (Lipinski definition) is 5. The summed E-state index contributed by atoms with van der Waals surface area (Å²) in [6, 6.07) is 24.8. The number of carbonyl (C=O) groups excluding carboxylic acids is 3. The number of carbonyl (C=O) groups is 4. The van der Waals surface area contributed by atoms with Crippen molar-refractivity contribution in [3.05, 3.63) is 125 Å². The van der Waals surface area contributed by atoms with Crippen molar-refractivity contribution in [1.82, 2.24) is 25.7 Å². The van der Waals surface area contributed by atoms with Gasteiger partial charge < -0.3 is 20.3 Å². The molecule has 0 saturated heterocycles. The maximum atomic E-state index is 13.8. The van der Waals surface area contributed by atoms with Gasteiger partial charge in [-0.25, -0.2) is 15.3 Å². The largest absolute Gasteiger partial charge is 0.478 e. The number of nitrogens with one attached hydrogen (secondary N) is 3. The summed E-state index contributed by atoms with van der Waals surface area (Å²) < 4.78 is 1.83. The number of hydrogen-bond acceptors (Lipinski definition) is 6. The molecule has 3 aromatic carbocycles. The lowest BCUT2D eigenvalue weighted by Crippen LogP contribution is -2.46. The molecule has 246 valence electrons. The summed E-state index contributed by atoms with van der Waals surface area (Å²) in [5.41, 5.74) is 4.80. The molecule has 0 aliphatic rings. The normalized spacial score (nSPS) is 12.1. The van der Waals surface area contributed by atoms with Crippen molar-refractivity contribution in [3.63, 3.8) is 0 Å². The molecule has 11 heteroatoms. The van der Waals surface area contributed by atoms with Gasteiger partial charge in [0.05, 0.1) is 17.7 Å². The van der Waals surface area contributed by atoms with Gasteiger partial charge in [0, 0.05) is 32.0 Å². The van der Waals surface area contributed by atoms with E-state index in [2.05, 4.69) is 22.5 Å². The molecule has 0 saturated carbocycles. The van der Waals surface area contributed by atoms with Crippen molar-refractivity contribution < 1.29 is 29.5 Å². The highest BCUT2D eigenvalue weighted by molar-refractivity contribution is 5.93. The van der Waals surface area contributed by atoms with Gasteiger partial charge in [0.15, 0.2) is 0 Å². The predicted octanol–water partition coefficient (Wildman–Crippen LogP) is 4.18. The summed E-state index contributed by atoms with van der Waals surface area (Å²) in [5, 5.41) is 24.3. The van der Waals surface area contributed by atoms with E-state index in [0.29, 0.717) is 31.5 Å². The number of rotatable bonds is 17. The van der Waals surface area contributed by atoms with Crippen molar-refractivity contribution in [2.45, 2.75) is 58.0 Å². The minimum absolute atomic E-state index is 0.0204. The van der Waals surface area contributed by atoms with Crippen LogP contribution in [0.1, 0.15) is 69.5 Å². The van der Waals surface area contributed by atoms with Gasteiger partial charge in [-0.3, -0.25) is 19.6 Å². The molecule has 0 aliphatic carbocycles. The van der Waals surface area contributed by atoms with Crippen molar-refractivity contribution >= 4 is 23.7 Å². The summed E-state index contributed by atoms with van der Waals surface area (Å²) in [6.07, 6.45) is 4.61. The van der Waals surface area contributed by atoms with Gasteiger partial charge in [0.1, 0.15) is 11.5 Å². The monoisotopic (exact) mass is 639 g/mol. The minimum atomic E-state index is -1.01. The van der Waals surface area contributed by atoms with Crippen molar-refractivity contribution in [2.75, 3.05) is 6.54 Å². The zero-order valence-electron chi connectivity index (χ0n) is 26.4. The summed E-state index contributed by atoms with van der Waals surface area (Å²) in [5.74, 6) is -2.30. The molecule has 0 fully saturated rings. The molecular formula is C36H41N5O6. The van der Waals surface area contributed by atoms with E-state index in [1.165, 1.54) is 18.3 Å². The van der Waals surface area contributed by atoms with Crippen molar-refractivity contribution in [1.29, 1.82) is 0 Å². The van der Waals surface area contributed by atoms with E-state index in [4.69, 9.17) is 5.21 Å². The standard InChI is InChI=1S/C36H41N5O6/c1-2-3-14-32-37-23-31(41(32)24-27-15-17-28(18-16-27)36(45)46)35(44)38-22-29(19-25-10-6-4-7-11-25)34(43)39-30(21-33(42)40-47)20-26-12-8-5-9-13-26/h4-13,15-18,23,29-30,47H,2-3,14,19-22,24H2,1H3,(H,38,44)(H,39,43)(H,40,42)(H,45,46)/t29-,30-/m1/s1. The van der Waals surface area contributed by atoms with E-state index in [1.54, 1.807) is 17.6 Å². The summed E-state index contributed by atoms with van der Waals surface area (Å²) in [4.78, 5) is 55.4. The molecular weight excluding hydrogens is 598 g/mol. The SMILES string of the molecule is CCCCc1ncc(C(=O)NC[C@@H](Cc2ccccc2)C(=O)N[C@@H](CC(=O)NO)Cc2ccccc2)n1Cc1ccc(C(=O)O)cc1. The third-order valence-corrected chi connectivity index (χ3v) is 7.90. The van der Waals surface area contributed by atoms with Gasteiger partial charge in [-0.15, -0.1) is 0 Å². The van der Waals surface area contributed by atoms with Crippen LogP contribution in [0.2, 0.25) is 0 Å². The number of aryl methyl sites for hydroxylation is 1. The van der Waals surface area contributed by atoms with Gasteiger partial charge in [-0.2, -0.15) is 0 Å². The Balaban J connectivity index is 1.53. The Hall–Kier alpha value is -5.29. The first-order valence-corrected chi connectivity index (χ1v) is 15.7. The molecule has 2 atom stereocenters. The third-order valence-electron chi connectivity index (χ3n) is 7.90. The molecule has 4 rings (SSSR count). The van der Waals surface area contributed by atoms with Crippen LogP contribution in [-0.4, -0.2) is 56.1 Å². The molecule has 4 aromatic rings. The number of amides is 3. The Kier molecular flexibility index (Phi) is 12.8. The first kappa shape index (κ1) is 34.6. The number of aromatic nitrogens is 2. The Morgan fingerprint density at radius 3 is 2.09 bits per heavy atom. The maximum absolute atomic E-state index is 13.8. The van der Waals surface area contributed by atoms with E-state index < -0.39 is 29.7 Å². The Morgan fingerprint density at radius 2 is 1.49 bits per heavy atom. The second kappa shape index (κ2) is 17.4. The summed E-state index contributed by atoms with van der Waals surface area (Å²) in [6.45, 7) is 2.42. The van der Waals surface area contributed by atoms with Crippen LogP contribution in [0.15, 0.2) is 91.1 Å². The number of carboxylic acid groups (broad SMARTS) is 1. The number of benzene rings is 3. The van der Waals surface area contributed by atoms with Gasteiger partial charge in [0.25, 0.3) is 5.91 Å². The van der Waals surface area contributed by atoms with Crippen LogP contribution in [0.4, 0.5) is 0 Å². The first-order chi connectivity index (χ1) is 22.8.